The average Bonchev–Trinajstić information content (AvgIpc) is 2.89. The SMILES string of the molecule is Cc1ccc(N)cc1SCc1cc(=O)n2ccsc2n1. The van der Waals surface area contributed by atoms with Gasteiger partial charge in [-0.05, 0) is 24.6 Å². The molecule has 0 aliphatic heterocycles. The van der Waals surface area contributed by atoms with Crippen LogP contribution in [0.1, 0.15) is 11.3 Å². The number of hydrogen-bond acceptors (Lipinski definition) is 5. The van der Waals surface area contributed by atoms with Crippen LogP contribution < -0.4 is 11.3 Å². The van der Waals surface area contributed by atoms with Gasteiger partial charge in [-0.15, -0.1) is 23.1 Å². The van der Waals surface area contributed by atoms with Crippen molar-refractivity contribution in [3.63, 3.8) is 0 Å². The van der Waals surface area contributed by atoms with Crippen LogP contribution in [0.5, 0.6) is 0 Å². The molecule has 2 aromatic heterocycles. The lowest BCUT2D eigenvalue weighted by Gasteiger charge is -2.06. The Morgan fingerprint density at radius 3 is 3.10 bits per heavy atom. The summed E-state index contributed by atoms with van der Waals surface area (Å²) in [6, 6.07) is 7.44. The number of aryl methyl sites for hydroxylation is 1. The highest BCUT2D eigenvalue weighted by molar-refractivity contribution is 7.98. The third-order valence-corrected chi connectivity index (χ3v) is 4.89. The number of nitrogen functional groups attached to an aromatic ring is 1. The summed E-state index contributed by atoms with van der Waals surface area (Å²) in [6.07, 6.45) is 1.74. The molecule has 0 fully saturated rings. The van der Waals surface area contributed by atoms with Crippen molar-refractivity contribution in [1.82, 2.24) is 9.38 Å². The molecule has 3 rings (SSSR count). The molecule has 0 saturated heterocycles. The molecule has 0 saturated carbocycles. The average molecular weight is 303 g/mol. The van der Waals surface area contributed by atoms with Crippen LogP contribution >= 0.6 is 23.1 Å². The van der Waals surface area contributed by atoms with E-state index in [-0.39, 0.29) is 5.56 Å². The lowest BCUT2D eigenvalue weighted by atomic mass is 10.2. The highest BCUT2D eigenvalue weighted by Crippen LogP contribution is 2.27. The molecule has 4 nitrogen and oxygen atoms in total. The van der Waals surface area contributed by atoms with Gasteiger partial charge in [0, 0.05) is 34.0 Å². The van der Waals surface area contributed by atoms with E-state index in [0.29, 0.717) is 5.75 Å². The van der Waals surface area contributed by atoms with Crippen LogP contribution in [0.2, 0.25) is 0 Å². The Kier molecular flexibility index (Phi) is 3.50. The molecular weight excluding hydrogens is 290 g/mol. The molecule has 102 valence electrons. The molecule has 0 spiro atoms. The predicted octanol–water partition coefficient (Wildman–Crippen LogP) is 2.94. The second-order valence-electron chi connectivity index (χ2n) is 4.45. The zero-order chi connectivity index (χ0) is 14.1. The highest BCUT2D eigenvalue weighted by Gasteiger charge is 2.05. The molecule has 0 atom stereocenters. The summed E-state index contributed by atoms with van der Waals surface area (Å²) in [6.45, 7) is 2.05. The number of benzene rings is 1. The van der Waals surface area contributed by atoms with Crippen LogP contribution in [-0.4, -0.2) is 9.38 Å². The number of nitrogens with zero attached hydrogens (tertiary/aromatic N) is 2. The van der Waals surface area contributed by atoms with Crippen molar-refractivity contribution in [1.29, 1.82) is 0 Å². The first-order valence-corrected chi connectivity index (χ1v) is 7.95. The molecule has 2 N–H and O–H groups in total. The van der Waals surface area contributed by atoms with Crippen LogP contribution in [-0.2, 0) is 5.75 Å². The summed E-state index contributed by atoms with van der Waals surface area (Å²) in [7, 11) is 0. The van der Waals surface area contributed by atoms with Crippen LogP contribution in [0.4, 0.5) is 5.69 Å². The van der Waals surface area contributed by atoms with E-state index in [0.717, 1.165) is 21.2 Å². The molecule has 0 radical (unpaired) electrons. The van der Waals surface area contributed by atoms with Crippen LogP contribution in [0.25, 0.3) is 4.96 Å². The van der Waals surface area contributed by atoms with E-state index in [1.807, 2.05) is 30.5 Å². The highest BCUT2D eigenvalue weighted by atomic mass is 32.2. The largest absolute Gasteiger partial charge is 0.399 e. The maximum absolute atomic E-state index is 11.9. The van der Waals surface area contributed by atoms with Gasteiger partial charge in [0.05, 0.1) is 5.69 Å². The quantitative estimate of drug-likeness (QED) is 0.597. The summed E-state index contributed by atoms with van der Waals surface area (Å²) >= 11 is 3.11. The molecule has 0 amide bonds. The topological polar surface area (TPSA) is 60.4 Å². The van der Waals surface area contributed by atoms with Gasteiger partial charge in [-0.25, -0.2) is 4.98 Å². The molecule has 0 aliphatic rings. The van der Waals surface area contributed by atoms with Crippen LogP contribution in [0.3, 0.4) is 0 Å². The van der Waals surface area contributed by atoms with Gasteiger partial charge in [-0.2, -0.15) is 0 Å². The van der Waals surface area contributed by atoms with Crippen LogP contribution in [0, 0.1) is 6.92 Å². The molecule has 3 aromatic rings. The lowest BCUT2D eigenvalue weighted by molar-refractivity contribution is 1.04. The van der Waals surface area contributed by atoms with Gasteiger partial charge in [-0.1, -0.05) is 6.07 Å². The van der Waals surface area contributed by atoms with Crippen molar-refractivity contribution < 1.29 is 0 Å². The maximum atomic E-state index is 11.9. The second kappa shape index (κ2) is 5.30. The minimum atomic E-state index is -0.0313. The number of rotatable bonds is 3. The fraction of sp³-hybridized carbons (Fsp3) is 0.143. The first-order valence-electron chi connectivity index (χ1n) is 6.08. The van der Waals surface area contributed by atoms with E-state index >= 15 is 0 Å². The van der Waals surface area contributed by atoms with E-state index in [1.165, 1.54) is 16.9 Å². The monoisotopic (exact) mass is 303 g/mol. The number of hydrogen-bond donors (Lipinski definition) is 1. The van der Waals surface area contributed by atoms with Crippen LogP contribution in [0.15, 0.2) is 45.5 Å². The van der Waals surface area contributed by atoms with Crippen molar-refractivity contribution in [2.75, 3.05) is 5.73 Å². The van der Waals surface area contributed by atoms with Crippen molar-refractivity contribution in [3.8, 4) is 0 Å². The third-order valence-electron chi connectivity index (χ3n) is 2.94. The Morgan fingerprint density at radius 1 is 1.40 bits per heavy atom. The van der Waals surface area contributed by atoms with Gasteiger partial charge in [-0.3, -0.25) is 9.20 Å². The normalized spacial score (nSPS) is 11.1. The number of nitrogens with two attached hydrogens (primary N) is 1. The summed E-state index contributed by atoms with van der Waals surface area (Å²) < 4.78 is 1.56. The number of anilines is 1. The second-order valence-corrected chi connectivity index (χ2v) is 6.35. The third kappa shape index (κ3) is 2.57. The Labute approximate surface area is 124 Å². The van der Waals surface area contributed by atoms with Crippen molar-refractivity contribution >= 4 is 33.7 Å². The molecule has 20 heavy (non-hydrogen) atoms. The van der Waals surface area contributed by atoms with E-state index in [2.05, 4.69) is 4.98 Å². The Morgan fingerprint density at radius 2 is 2.25 bits per heavy atom. The maximum Gasteiger partial charge on any atom is 0.258 e. The fourth-order valence-corrected chi connectivity index (χ4v) is 3.59. The van der Waals surface area contributed by atoms with Gasteiger partial charge in [0.15, 0.2) is 4.96 Å². The van der Waals surface area contributed by atoms with E-state index in [1.54, 1.807) is 28.4 Å². The van der Waals surface area contributed by atoms with E-state index < -0.39 is 0 Å². The Bertz CT molecular complexity index is 823. The summed E-state index contributed by atoms with van der Waals surface area (Å²) in [5.41, 5.74) is 8.49. The Hall–Kier alpha value is -1.79. The number of thioether (sulfide) groups is 1. The summed E-state index contributed by atoms with van der Waals surface area (Å²) in [4.78, 5) is 18.2. The zero-order valence-corrected chi connectivity index (χ0v) is 12.5. The molecule has 0 aliphatic carbocycles. The Balaban J connectivity index is 1.86. The van der Waals surface area contributed by atoms with Gasteiger partial charge in [0.1, 0.15) is 0 Å². The molecule has 2 heterocycles. The van der Waals surface area contributed by atoms with Gasteiger partial charge < -0.3 is 5.73 Å². The summed E-state index contributed by atoms with van der Waals surface area (Å²) in [5, 5.41) is 1.86. The van der Waals surface area contributed by atoms with Gasteiger partial charge in [0.25, 0.3) is 5.56 Å². The standard InChI is InChI=1S/C14H13N3OS2/c1-9-2-3-10(15)6-12(9)20-8-11-7-13(18)17-4-5-19-14(17)16-11/h2-7H,8,15H2,1H3. The first-order chi connectivity index (χ1) is 9.63. The number of fused-ring (bicyclic) bond motifs is 1. The number of aromatic nitrogens is 2. The smallest absolute Gasteiger partial charge is 0.258 e. The lowest BCUT2D eigenvalue weighted by Crippen LogP contribution is -2.12. The molecule has 6 heteroatoms. The van der Waals surface area contributed by atoms with Gasteiger partial charge >= 0.3 is 0 Å². The van der Waals surface area contributed by atoms with E-state index in [9.17, 15) is 4.79 Å². The predicted molar refractivity (Wildman–Crippen MR) is 84.5 cm³/mol. The molecule has 0 bridgehead atoms. The molecular formula is C14H13N3OS2. The number of thiazole rings is 1. The van der Waals surface area contributed by atoms with Crippen molar-refractivity contribution in [2.45, 2.75) is 17.6 Å². The van der Waals surface area contributed by atoms with Crippen molar-refractivity contribution in [3.05, 3.63) is 57.5 Å². The minimum Gasteiger partial charge on any atom is -0.399 e. The first kappa shape index (κ1) is 13.2. The molecule has 0 unspecified atom stereocenters. The fourth-order valence-electron chi connectivity index (χ4n) is 1.89. The zero-order valence-electron chi connectivity index (χ0n) is 10.9. The van der Waals surface area contributed by atoms with Crippen molar-refractivity contribution in [2.24, 2.45) is 0 Å². The van der Waals surface area contributed by atoms with Gasteiger partial charge in [0.2, 0.25) is 0 Å². The van der Waals surface area contributed by atoms with E-state index in [4.69, 9.17) is 5.73 Å². The molecule has 1 aromatic carbocycles. The minimum absolute atomic E-state index is 0.0313. The summed E-state index contributed by atoms with van der Waals surface area (Å²) in [5.74, 6) is 0.661.